The fourth-order valence-corrected chi connectivity index (χ4v) is 2.83. The summed E-state index contributed by atoms with van der Waals surface area (Å²) in [5, 5.41) is 5.74. The molecule has 0 radical (unpaired) electrons. The number of para-hydroxylation sites is 2. The first-order valence-corrected chi connectivity index (χ1v) is 8.34. The second kappa shape index (κ2) is 6.97. The third-order valence-electron chi connectivity index (χ3n) is 4.68. The van der Waals surface area contributed by atoms with Gasteiger partial charge in [0.1, 0.15) is 11.2 Å². The first-order chi connectivity index (χ1) is 12.1. The molecule has 25 heavy (non-hydrogen) atoms. The van der Waals surface area contributed by atoms with Gasteiger partial charge in [0.2, 0.25) is 11.8 Å². The number of methoxy groups -OCH3 is 1. The summed E-state index contributed by atoms with van der Waals surface area (Å²) < 4.78 is 5.24. The Morgan fingerprint density at radius 2 is 1.72 bits per heavy atom. The maximum absolute atomic E-state index is 12.7. The second-order valence-electron chi connectivity index (χ2n) is 6.35. The highest BCUT2D eigenvalue weighted by molar-refractivity contribution is 6.13. The molecule has 0 saturated heterocycles. The number of hydrogen-bond donors (Lipinski definition) is 2. The van der Waals surface area contributed by atoms with E-state index >= 15 is 0 Å². The lowest BCUT2D eigenvalue weighted by Gasteiger charge is -2.17. The molecule has 3 rings (SSSR count). The normalized spacial score (nSPS) is 14.5. The maximum atomic E-state index is 12.7. The van der Waals surface area contributed by atoms with Gasteiger partial charge in [0, 0.05) is 6.54 Å². The van der Waals surface area contributed by atoms with Gasteiger partial charge >= 0.3 is 0 Å². The second-order valence-corrected chi connectivity index (χ2v) is 6.35. The number of carbonyl (C=O) groups excluding carboxylic acids is 2. The number of anilines is 1. The molecule has 2 aromatic carbocycles. The molecule has 0 aromatic heterocycles. The van der Waals surface area contributed by atoms with Gasteiger partial charge in [-0.1, -0.05) is 36.4 Å². The van der Waals surface area contributed by atoms with Gasteiger partial charge in [-0.2, -0.15) is 0 Å². The van der Waals surface area contributed by atoms with Gasteiger partial charge in [0.05, 0.1) is 12.8 Å². The summed E-state index contributed by atoms with van der Waals surface area (Å²) >= 11 is 0. The van der Waals surface area contributed by atoms with Crippen LogP contribution in [0.4, 0.5) is 5.69 Å². The molecule has 0 spiro atoms. The van der Waals surface area contributed by atoms with Gasteiger partial charge < -0.3 is 15.4 Å². The van der Waals surface area contributed by atoms with Crippen molar-refractivity contribution in [3.05, 3.63) is 59.7 Å². The number of aryl methyl sites for hydroxylation is 1. The summed E-state index contributed by atoms with van der Waals surface area (Å²) in [4.78, 5) is 25.3. The van der Waals surface area contributed by atoms with Crippen molar-refractivity contribution in [3.8, 4) is 5.75 Å². The van der Waals surface area contributed by atoms with Gasteiger partial charge in [-0.3, -0.25) is 9.59 Å². The van der Waals surface area contributed by atoms with E-state index in [2.05, 4.69) is 10.6 Å². The monoisotopic (exact) mass is 338 g/mol. The molecule has 0 atom stereocenters. The molecule has 2 amide bonds. The van der Waals surface area contributed by atoms with E-state index in [4.69, 9.17) is 4.74 Å². The highest BCUT2D eigenvalue weighted by Crippen LogP contribution is 2.47. The average molecular weight is 338 g/mol. The number of rotatable bonds is 6. The van der Waals surface area contributed by atoms with E-state index in [0.29, 0.717) is 30.8 Å². The van der Waals surface area contributed by atoms with Crippen molar-refractivity contribution in [2.24, 2.45) is 5.41 Å². The van der Waals surface area contributed by atoms with Gasteiger partial charge in [-0.25, -0.2) is 0 Å². The van der Waals surface area contributed by atoms with Gasteiger partial charge in [0.15, 0.2) is 0 Å². The Kier molecular flexibility index (Phi) is 4.74. The Balaban J connectivity index is 1.66. The molecule has 2 aromatic rings. The molecular weight excluding hydrogens is 316 g/mol. The first-order valence-electron chi connectivity index (χ1n) is 8.34. The standard InChI is InChI=1S/C20H22N2O3/c1-14-7-3-4-8-15(14)13-21-18(23)20(11-12-20)19(24)22-16-9-5-6-10-17(16)25-2/h3-10H,11-13H2,1-2H3,(H,21,23)(H,22,24). The zero-order valence-corrected chi connectivity index (χ0v) is 14.5. The first kappa shape index (κ1) is 17.0. The molecular formula is C20H22N2O3. The molecule has 2 N–H and O–H groups in total. The molecule has 1 saturated carbocycles. The topological polar surface area (TPSA) is 67.4 Å². The fraction of sp³-hybridized carbons (Fsp3) is 0.300. The lowest BCUT2D eigenvalue weighted by Crippen LogP contribution is -2.39. The van der Waals surface area contributed by atoms with Gasteiger partial charge in [-0.05, 0) is 43.0 Å². The van der Waals surface area contributed by atoms with Crippen molar-refractivity contribution in [2.45, 2.75) is 26.3 Å². The predicted molar refractivity (Wildman–Crippen MR) is 96.3 cm³/mol. The van der Waals surface area contributed by atoms with E-state index in [9.17, 15) is 9.59 Å². The highest BCUT2D eigenvalue weighted by atomic mass is 16.5. The summed E-state index contributed by atoms with van der Waals surface area (Å²) in [5.41, 5.74) is 1.78. The molecule has 0 bridgehead atoms. The van der Waals surface area contributed by atoms with Crippen LogP contribution >= 0.6 is 0 Å². The number of ether oxygens (including phenoxy) is 1. The van der Waals surface area contributed by atoms with Gasteiger partial charge in [-0.15, -0.1) is 0 Å². The van der Waals surface area contributed by atoms with E-state index in [1.165, 1.54) is 0 Å². The van der Waals surface area contributed by atoms with Crippen LogP contribution in [0, 0.1) is 12.3 Å². The van der Waals surface area contributed by atoms with Crippen molar-refractivity contribution in [1.29, 1.82) is 0 Å². The molecule has 0 heterocycles. The van der Waals surface area contributed by atoms with Crippen LogP contribution in [0.2, 0.25) is 0 Å². The summed E-state index contributed by atoms with van der Waals surface area (Å²) in [6.07, 6.45) is 1.13. The highest BCUT2D eigenvalue weighted by Gasteiger charge is 2.56. The molecule has 1 aliphatic carbocycles. The van der Waals surface area contributed by atoms with Crippen LogP contribution in [0.3, 0.4) is 0 Å². The largest absolute Gasteiger partial charge is 0.495 e. The van der Waals surface area contributed by atoms with E-state index < -0.39 is 5.41 Å². The van der Waals surface area contributed by atoms with E-state index in [0.717, 1.165) is 11.1 Å². The van der Waals surface area contributed by atoms with Crippen LogP contribution in [0.25, 0.3) is 0 Å². The smallest absolute Gasteiger partial charge is 0.240 e. The van der Waals surface area contributed by atoms with Crippen molar-refractivity contribution in [2.75, 3.05) is 12.4 Å². The Hall–Kier alpha value is -2.82. The zero-order valence-electron chi connectivity index (χ0n) is 14.5. The summed E-state index contributed by atoms with van der Waals surface area (Å²) in [6.45, 7) is 2.43. The predicted octanol–water partition coefficient (Wildman–Crippen LogP) is 3.04. The van der Waals surface area contributed by atoms with E-state index in [1.807, 2.05) is 43.3 Å². The Bertz CT molecular complexity index is 797. The van der Waals surface area contributed by atoms with Crippen molar-refractivity contribution in [3.63, 3.8) is 0 Å². The number of carbonyl (C=O) groups is 2. The van der Waals surface area contributed by atoms with Gasteiger partial charge in [0.25, 0.3) is 0 Å². The Morgan fingerprint density at radius 1 is 1.04 bits per heavy atom. The van der Waals surface area contributed by atoms with Crippen molar-refractivity contribution >= 4 is 17.5 Å². The number of amides is 2. The minimum atomic E-state index is -0.969. The van der Waals surface area contributed by atoms with Crippen LogP contribution in [0.5, 0.6) is 5.75 Å². The van der Waals surface area contributed by atoms with Crippen LogP contribution in [-0.4, -0.2) is 18.9 Å². The summed E-state index contributed by atoms with van der Waals surface area (Å²) in [7, 11) is 1.55. The minimum absolute atomic E-state index is 0.219. The van der Waals surface area contributed by atoms with Crippen molar-refractivity contribution < 1.29 is 14.3 Å². The summed E-state index contributed by atoms with van der Waals surface area (Å²) in [5.74, 6) is 0.0782. The molecule has 0 unspecified atom stereocenters. The lowest BCUT2D eigenvalue weighted by atomic mass is 10.0. The molecule has 5 nitrogen and oxygen atoms in total. The van der Waals surface area contributed by atoms with Crippen molar-refractivity contribution in [1.82, 2.24) is 5.32 Å². The lowest BCUT2D eigenvalue weighted by molar-refractivity contribution is -0.134. The molecule has 5 heteroatoms. The molecule has 130 valence electrons. The molecule has 1 fully saturated rings. The zero-order chi connectivity index (χ0) is 17.9. The third-order valence-corrected chi connectivity index (χ3v) is 4.68. The molecule has 1 aliphatic rings. The quantitative estimate of drug-likeness (QED) is 0.796. The SMILES string of the molecule is COc1ccccc1NC(=O)C1(C(=O)NCc2ccccc2C)CC1. The third kappa shape index (κ3) is 3.50. The number of nitrogens with one attached hydrogen (secondary N) is 2. The minimum Gasteiger partial charge on any atom is -0.495 e. The average Bonchev–Trinajstić information content (AvgIpc) is 3.43. The van der Waals surface area contributed by atoms with E-state index in [1.54, 1.807) is 19.2 Å². The van der Waals surface area contributed by atoms with Crippen LogP contribution in [-0.2, 0) is 16.1 Å². The molecule has 0 aliphatic heterocycles. The Morgan fingerprint density at radius 3 is 2.40 bits per heavy atom. The summed E-state index contributed by atoms with van der Waals surface area (Å²) in [6, 6.07) is 15.1. The number of benzene rings is 2. The van der Waals surface area contributed by atoms with E-state index in [-0.39, 0.29) is 11.8 Å². The van der Waals surface area contributed by atoms with Crippen LogP contribution < -0.4 is 15.4 Å². The maximum Gasteiger partial charge on any atom is 0.240 e. The van der Waals surface area contributed by atoms with Crippen LogP contribution in [0.1, 0.15) is 24.0 Å². The number of hydrogen-bond acceptors (Lipinski definition) is 3. The fourth-order valence-electron chi connectivity index (χ4n) is 2.83. The van der Waals surface area contributed by atoms with Crippen LogP contribution in [0.15, 0.2) is 48.5 Å². The Labute approximate surface area is 147 Å².